The number of hydrogen-bond acceptors (Lipinski definition) is 13. The van der Waals surface area contributed by atoms with Crippen LogP contribution < -0.4 is 4.90 Å². The van der Waals surface area contributed by atoms with Crippen molar-refractivity contribution in [1.82, 2.24) is 4.90 Å². The summed E-state index contributed by atoms with van der Waals surface area (Å²) in [5.41, 5.74) is 2.57. The third-order valence-corrected chi connectivity index (χ3v) is 16.3. The molecule has 3 heterocycles. The Balaban J connectivity index is 1.52. The second kappa shape index (κ2) is 28.8. The van der Waals surface area contributed by atoms with Crippen LogP contribution in [0.25, 0.3) is 0 Å². The summed E-state index contributed by atoms with van der Waals surface area (Å²) in [7, 11) is 4.72. The van der Waals surface area contributed by atoms with Crippen molar-refractivity contribution in [3.63, 3.8) is 0 Å². The fraction of sp³-hybridized carbons (Fsp3) is 0.695. The number of allylic oxidation sites excluding steroid dienone is 6. The molecule has 408 valence electrons. The number of ether oxygens (including phenoxy) is 5. The molecule has 1 saturated carbocycles. The Kier molecular flexibility index (Phi) is 23.6. The van der Waals surface area contributed by atoms with Crippen molar-refractivity contribution >= 4 is 29.1 Å². The summed E-state index contributed by atoms with van der Waals surface area (Å²) < 4.78 is 29.9. The fourth-order valence-electron chi connectivity index (χ4n) is 11.7. The Morgan fingerprint density at radius 3 is 2.26 bits per heavy atom. The number of esters is 1. The zero-order valence-corrected chi connectivity index (χ0v) is 45.7. The van der Waals surface area contributed by atoms with Gasteiger partial charge in [0, 0.05) is 51.9 Å². The number of piperidine rings is 1. The first-order chi connectivity index (χ1) is 34.8. The number of fused-ring (bicyclic) bond motifs is 3. The molecule has 0 aromatic heterocycles. The third kappa shape index (κ3) is 16.2. The molecule has 1 aromatic carbocycles. The minimum absolute atomic E-state index is 0.0434. The molecule has 0 spiro atoms. The summed E-state index contributed by atoms with van der Waals surface area (Å²) in [6.45, 7) is 14.7. The highest BCUT2D eigenvalue weighted by Gasteiger charge is 2.53. The topological polar surface area (TPSA) is 182 Å². The average molecular weight is 1020 g/mol. The van der Waals surface area contributed by atoms with E-state index in [9.17, 15) is 34.5 Å². The largest absolute Gasteiger partial charge is 0.461 e. The van der Waals surface area contributed by atoms with Gasteiger partial charge in [-0.15, -0.1) is 0 Å². The number of hydrogen-bond donors (Lipinski definition) is 3. The molecular weight excluding hydrogens is 929 g/mol. The van der Waals surface area contributed by atoms with Crippen molar-refractivity contribution in [2.24, 2.45) is 35.5 Å². The van der Waals surface area contributed by atoms with Gasteiger partial charge in [-0.2, -0.15) is 0 Å². The standard InChI is InChI=1S/C59H90N2O12/c1-38-19-13-11-14-20-40(3)49(60(31-32-69-8)46-21-15-12-16-22-46)37-47-27-25-44(7)59(68,73-47)56(65)57(66)61-30-18-17-23-48(61)58(67)72-51(41(4)35-45-26-28-50(62)52(36-45)70-9)29-24-39(2)34-43(6)54(64)55(71-10)53(63)42(5)33-38/h11-16,19-22,34,38-39,41-42,44-45,47-52,54-55,62,64,68H,17-18,23-33,35-37H2,1-10H3/b14-11+,19-13+,40-20+,43-34+/t38-,39+,41-,42-,44-,45-,47+,48+,49?,50-,51+,52-,54-,55+,59-/m1/s1. The van der Waals surface area contributed by atoms with Gasteiger partial charge < -0.3 is 48.8 Å². The van der Waals surface area contributed by atoms with Gasteiger partial charge in [0.05, 0.1) is 31.0 Å². The number of aliphatic hydroxyl groups excluding tert-OH is 2. The maximum Gasteiger partial charge on any atom is 0.329 e. The number of anilines is 1. The van der Waals surface area contributed by atoms with Crippen LogP contribution in [-0.4, -0.2) is 139 Å². The Morgan fingerprint density at radius 2 is 1.56 bits per heavy atom. The van der Waals surface area contributed by atoms with Gasteiger partial charge in [-0.25, -0.2) is 4.79 Å². The summed E-state index contributed by atoms with van der Waals surface area (Å²) in [6.07, 6.45) is 15.0. The van der Waals surface area contributed by atoms with Gasteiger partial charge in [-0.05, 0) is 139 Å². The van der Waals surface area contributed by atoms with E-state index in [1.54, 1.807) is 28.1 Å². The molecule has 3 fully saturated rings. The molecular formula is C59H90N2O12. The molecule has 0 radical (unpaired) electrons. The van der Waals surface area contributed by atoms with Crippen molar-refractivity contribution in [3.05, 3.63) is 77.9 Å². The molecule has 1 aromatic rings. The molecule has 3 aliphatic heterocycles. The van der Waals surface area contributed by atoms with Gasteiger partial charge in [0.2, 0.25) is 5.79 Å². The van der Waals surface area contributed by atoms with Gasteiger partial charge in [-0.3, -0.25) is 14.4 Å². The molecule has 73 heavy (non-hydrogen) atoms. The number of methoxy groups -OCH3 is 3. The Hall–Kier alpha value is -4.02. The normalized spacial score (nSPS) is 37.2. The molecule has 1 amide bonds. The van der Waals surface area contributed by atoms with Gasteiger partial charge in [0.25, 0.3) is 11.7 Å². The Bertz CT molecular complexity index is 2060. The first-order valence-electron chi connectivity index (χ1n) is 27.2. The van der Waals surface area contributed by atoms with E-state index >= 15 is 0 Å². The summed E-state index contributed by atoms with van der Waals surface area (Å²) in [5, 5.41) is 34.5. The second-order valence-corrected chi connectivity index (χ2v) is 22.0. The second-order valence-electron chi connectivity index (χ2n) is 22.0. The first kappa shape index (κ1) is 59.9. The van der Waals surface area contributed by atoms with Gasteiger partial charge >= 0.3 is 5.97 Å². The van der Waals surface area contributed by atoms with Crippen molar-refractivity contribution in [2.45, 2.75) is 186 Å². The number of para-hydroxylation sites is 1. The van der Waals surface area contributed by atoms with Crippen LogP contribution in [0.3, 0.4) is 0 Å². The number of benzene rings is 1. The maximum atomic E-state index is 14.6. The number of cyclic esters (lactones) is 1. The number of rotatable bonds is 10. The quantitative estimate of drug-likeness (QED) is 0.115. The van der Waals surface area contributed by atoms with Crippen LogP contribution in [0.5, 0.6) is 0 Å². The van der Waals surface area contributed by atoms with Gasteiger partial charge in [0.1, 0.15) is 24.4 Å². The number of carbonyl (C=O) groups excluding carboxylic acids is 4. The van der Waals surface area contributed by atoms with E-state index in [4.69, 9.17) is 23.7 Å². The van der Waals surface area contributed by atoms with Crippen LogP contribution in [0, 0.1) is 35.5 Å². The van der Waals surface area contributed by atoms with Crippen LogP contribution in [0.1, 0.15) is 132 Å². The number of ketones is 2. The maximum absolute atomic E-state index is 14.6. The zero-order chi connectivity index (χ0) is 53.4. The summed E-state index contributed by atoms with van der Waals surface area (Å²) in [4.78, 5) is 61.2. The fourth-order valence-corrected chi connectivity index (χ4v) is 11.7. The van der Waals surface area contributed by atoms with Gasteiger partial charge in [-0.1, -0.05) is 94.8 Å². The van der Waals surface area contributed by atoms with E-state index in [0.29, 0.717) is 95.8 Å². The summed E-state index contributed by atoms with van der Waals surface area (Å²) >= 11 is 0. The average Bonchev–Trinajstić information content (AvgIpc) is 3.38. The molecule has 2 bridgehead atoms. The van der Waals surface area contributed by atoms with Crippen LogP contribution in [0.4, 0.5) is 5.69 Å². The predicted octanol–water partition coefficient (Wildman–Crippen LogP) is 8.51. The molecule has 14 heteroatoms. The number of aliphatic hydroxyl groups is 3. The van der Waals surface area contributed by atoms with E-state index in [2.05, 4.69) is 24.8 Å². The van der Waals surface area contributed by atoms with E-state index in [0.717, 1.165) is 17.7 Å². The number of Topliss-reactive ketones (excluding diaryl/α,β-unsaturated/α-hetero) is 2. The number of carbonyl (C=O) groups is 4. The Labute approximate surface area is 436 Å². The first-order valence-corrected chi connectivity index (χ1v) is 27.2. The van der Waals surface area contributed by atoms with Crippen LogP contribution in [0.2, 0.25) is 0 Å². The van der Waals surface area contributed by atoms with Crippen LogP contribution >= 0.6 is 0 Å². The number of nitrogens with zero attached hydrogens (tertiary/aromatic N) is 2. The van der Waals surface area contributed by atoms with E-state index < -0.39 is 65.9 Å². The van der Waals surface area contributed by atoms with Crippen LogP contribution in [-0.2, 0) is 42.9 Å². The van der Waals surface area contributed by atoms with Crippen LogP contribution in [0.15, 0.2) is 77.9 Å². The lowest BCUT2D eigenvalue weighted by molar-refractivity contribution is -0.263. The van der Waals surface area contributed by atoms with E-state index in [1.165, 1.54) is 12.0 Å². The van der Waals surface area contributed by atoms with E-state index in [-0.39, 0.29) is 54.1 Å². The van der Waals surface area contributed by atoms with E-state index in [1.807, 2.05) is 81.5 Å². The number of amides is 1. The van der Waals surface area contributed by atoms with Gasteiger partial charge in [0.15, 0.2) is 5.78 Å². The molecule has 4 aliphatic rings. The molecule has 1 unspecified atom stereocenters. The zero-order valence-electron chi connectivity index (χ0n) is 45.7. The van der Waals surface area contributed by atoms with Crippen molar-refractivity contribution in [1.29, 1.82) is 0 Å². The van der Waals surface area contributed by atoms with Crippen molar-refractivity contribution < 1.29 is 58.2 Å². The van der Waals surface area contributed by atoms with Crippen molar-refractivity contribution in [3.8, 4) is 0 Å². The monoisotopic (exact) mass is 1020 g/mol. The highest BCUT2D eigenvalue weighted by Crippen LogP contribution is 2.39. The predicted molar refractivity (Wildman–Crippen MR) is 283 cm³/mol. The SMILES string of the molecule is COCCN(c1ccccc1)C1C[C@@H]2CC[C@@H](C)[C@@](O)(O2)C(=O)C(=O)N2CCCC[C@H]2C(=O)O[C@H]([C@H](C)C[C@H]2CC[C@@H](O)[C@H](OC)C2)CC[C@H](C)/C=C(\C)[C@@H](O)[C@@H](OC)C(=O)[C@H](C)C[C@H](C)/C=C/C=C/C=C/1C. The highest BCUT2D eigenvalue weighted by atomic mass is 16.6. The van der Waals surface area contributed by atoms with Crippen molar-refractivity contribution in [2.75, 3.05) is 45.9 Å². The lowest BCUT2D eigenvalue weighted by Crippen LogP contribution is -2.61. The lowest BCUT2D eigenvalue weighted by atomic mass is 9.78. The molecule has 15 atom stereocenters. The smallest absolute Gasteiger partial charge is 0.329 e. The lowest BCUT2D eigenvalue weighted by Gasteiger charge is -2.44. The molecule has 2 saturated heterocycles. The highest BCUT2D eigenvalue weighted by molar-refractivity contribution is 6.39. The molecule has 5 rings (SSSR count). The summed E-state index contributed by atoms with van der Waals surface area (Å²) in [6, 6.07) is 8.68. The minimum atomic E-state index is -2.42. The third-order valence-electron chi connectivity index (χ3n) is 16.3. The molecule has 3 N–H and O–H groups in total. The Morgan fingerprint density at radius 1 is 0.822 bits per heavy atom. The molecule has 1 aliphatic carbocycles. The summed E-state index contributed by atoms with van der Waals surface area (Å²) in [5.74, 6) is -6.25. The molecule has 14 nitrogen and oxygen atoms in total. The minimum Gasteiger partial charge on any atom is -0.461 e.